The van der Waals surface area contributed by atoms with Gasteiger partial charge < -0.3 is 19.9 Å². The van der Waals surface area contributed by atoms with E-state index in [0.29, 0.717) is 0 Å². The summed E-state index contributed by atoms with van der Waals surface area (Å²) in [7, 11) is 8.13. The molecular weight excluding hydrogens is 262 g/mol. The second kappa shape index (κ2) is 8.90. The zero-order valence-corrected chi connectivity index (χ0v) is 14.4. The fourth-order valence-electron chi connectivity index (χ4n) is 2.63. The summed E-state index contributed by atoms with van der Waals surface area (Å²) in [6, 6.07) is 6.57. The molecule has 1 aromatic rings. The Morgan fingerprint density at radius 1 is 1.19 bits per heavy atom. The predicted molar refractivity (Wildman–Crippen MR) is 91.5 cm³/mol. The first-order valence-electron chi connectivity index (χ1n) is 7.77. The molecule has 1 N–H and O–H groups in total. The van der Waals surface area contributed by atoms with E-state index in [4.69, 9.17) is 4.74 Å². The molecule has 0 bridgehead atoms. The van der Waals surface area contributed by atoms with E-state index in [2.05, 4.69) is 62.2 Å². The van der Waals surface area contributed by atoms with Gasteiger partial charge in [-0.05, 0) is 52.7 Å². The van der Waals surface area contributed by atoms with Crippen molar-refractivity contribution < 1.29 is 4.74 Å². The Hall–Kier alpha value is -1.26. The van der Waals surface area contributed by atoms with Crippen molar-refractivity contribution in [3.05, 3.63) is 23.8 Å². The Kier molecular flexibility index (Phi) is 7.54. The molecule has 0 aliphatic rings. The number of nitrogens with zero attached hydrogens (tertiary/aromatic N) is 2. The standard InChI is InChI=1S/C17H31N3O/c1-7-18-14(2)17-15(10-8-11-16(17)21-6)20(5)13-9-12-19(3)4/h8,10-11,14,18H,7,9,12-13H2,1-6H3. The highest BCUT2D eigenvalue weighted by Gasteiger charge is 2.17. The van der Waals surface area contributed by atoms with Gasteiger partial charge in [0.25, 0.3) is 0 Å². The maximum absolute atomic E-state index is 5.57. The average molecular weight is 293 g/mol. The van der Waals surface area contributed by atoms with Crippen LogP contribution < -0.4 is 15.0 Å². The lowest BCUT2D eigenvalue weighted by atomic mass is 10.0. The molecule has 1 rings (SSSR count). The van der Waals surface area contributed by atoms with Crippen molar-refractivity contribution in [1.82, 2.24) is 10.2 Å². The van der Waals surface area contributed by atoms with Gasteiger partial charge in [-0.3, -0.25) is 0 Å². The minimum atomic E-state index is 0.275. The van der Waals surface area contributed by atoms with E-state index in [1.165, 1.54) is 11.3 Å². The maximum Gasteiger partial charge on any atom is 0.125 e. The number of anilines is 1. The molecule has 0 aliphatic heterocycles. The molecule has 0 aromatic heterocycles. The van der Waals surface area contributed by atoms with Gasteiger partial charge in [0, 0.05) is 30.9 Å². The molecule has 1 atom stereocenters. The Morgan fingerprint density at radius 2 is 1.90 bits per heavy atom. The van der Waals surface area contributed by atoms with Crippen molar-refractivity contribution >= 4 is 5.69 Å². The van der Waals surface area contributed by atoms with E-state index in [1.54, 1.807) is 7.11 Å². The molecule has 1 unspecified atom stereocenters. The number of rotatable bonds is 9. The van der Waals surface area contributed by atoms with Crippen LogP contribution in [0.2, 0.25) is 0 Å². The van der Waals surface area contributed by atoms with Gasteiger partial charge in [-0.1, -0.05) is 13.0 Å². The summed E-state index contributed by atoms with van der Waals surface area (Å²) in [6.07, 6.45) is 1.15. The molecule has 0 spiro atoms. The van der Waals surface area contributed by atoms with Crippen molar-refractivity contribution in [3.63, 3.8) is 0 Å². The van der Waals surface area contributed by atoms with Crippen molar-refractivity contribution in [2.45, 2.75) is 26.3 Å². The van der Waals surface area contributed by atoms with Crippen LogP contribution in [-0.2, 0) is 0 Å². The number of nitrogens with one attached hydrogen (secondary N) is 1. The SMILES string of the molecule is CCNC(C)c1c(OC)cccc1N(C)CCCN(C)C. The lowest BCUT2D eigenvalue weighted by Crippen LogP contribution is -2.26. The molecule has 0 fully saturated rings. The predicted octanol–water partition coefficient (Wildman–Crippen LogP) is 2.75. The largest absolute Gasteiger partial charge is 0.496 e. The lowest BCUT2D eigenvalue weighted by molar-refractivity contribution is 0.399. The molecule has 0 saturated heterocycles. The number of ether oxygens (including phenoxy) is 1. The molecular formula is C17H31N3O. The Balaban J connectivity index is 2.93. The van der Waals surface area contributed by atoms with Crippen LogP contribution in [0.25, 0.3) is 0 Å². The van der Waals surface area contributed by atoms with Gasteiger partial charge in [0.2, 0.25) is 0 Å². The minimum absolute atomic E-state index is 0.275. The molecule has 0 heterocycles. The van der Waals surface area contributed by atoms with E-state index in [9.17, 15) is 0 Å². The maximum atomic E-state index is 5.57. The summed E-state index contributed by atoms with van der Waals surface area (Å²) in [4.78, 5) is 4.55. The first-order valence-corrected chi connectivity index (χ1v) is 7.77. The van der Waals surface area contributed by atoms with Crippen LogP contribution in [0.1, 0.15) is 31.9 Å². The van der Waals surface area contributed by atoms with E-state index in [-0.39, 0.29) is 6.04 Å². The van der Waals surface area contributed by atoms with Crippen molar-refractivity contribution in [3.8, 4) is 5.75 Å². The minimum Gasteiger partial charge on any atom is -0.496 e. The van der Waals surface area contributed by atoms with Gasteiger partial charge in [0.05, 0.1) is 7.11 Å². The molecule has 0 amide bonds. The summed E-state index contributed by atoms with van der Waals surface area (Å²) in [6.45, 7) is 7.41. The third kappa shape index (κ3) is 5.21. The van der Waals surface area contributed by atoms with Gasteiger partial charge in [-0.15, -0.1) is 0 Å². The second-order valence-electron chi connectivity index (χ2n) is 5.75. The molecule has 4 nitrogen and oxygen atoms in total. The quantitative estimate of drug-likeness (QED) is 0.758. The monoisotopic (exact) mass is 293 g/mol. The summed E-state index contributed by atoms with van der Waals surface area (Å²) in [5, 5.41) is 3.49. The van der Waals surface area contributed by atoms with Crippen LogP contribution in [0.3, 0.4) is 0 Å². The van der Waals surface area contributed by atoms with E-state index >= 15 is 0 Å². The third-order valence-electron chi connectivity index (χ3n) is 3.72. The second-order valence-corrected chi connectivity index (χ2v) is 5.75. The van der Waals surface area contributed by atoms with Gasteiger partial charge in [0.1, 0.15) is 5.75 Å². The number of hydrogen-bond acceptors (Lipinski definition) is 4. The van der Waals surface area contributed by atoms with Crippen molar-refractivity contribution in [1.29, 1.82) is 0 Å². The molecule has 120 valence electrons. The highest BCUT2D eigenvalue weighted by molar-refractivity contribution is 5.60. The number of benzene rings is 1. The van der Waals surface area contributed by atoms with Crippen molar-refractivity contribution in [2.24, 2.45) is 0 Å². The van der Waals surface area contributed by atoms with Crippen LogP contribution in [-0.4, -0.2) is 52.8 Å². The zero-order chi connectivity index (χ0) is 15.8. The van der Waals surface area contributed by atoms with Crippen molar-refractivity contribution in [2.75, 3.05) is 52.8 Å². The first-order chi connectivity index (χ1) is 10.0. The Bertz CT molecular complexity index is 420. The van der Waals surface area contributed by atoms with Crippen LogP contribution in [0.4, 0.5) is 5.69 Å². The molecule has 4 heteroatoms. The lowest BCUT2D eigenvalue weighted by Gasteiger charge is -2.27. The van der Waals surface area contributed by atoms with Gasteiger partial charge >= 0.3 is 0 Å². The highest BCUT2D eigenvalue weighted by Crippen LogP contribution is 2.34. The molecule has 0 saturated carbocycles. The molecule has 21 heavy (non-hydrogen) atoms. The summed E-state index contributed by atoms with van der Waals surface area (Å²) in [5.74, 6) is 0.959. The van der Waals surface area contributed by atoms with Crippen LogP contribution >= 0.6 is 0 Å². The molecule has 0 radical (unpaired) electrons. The summed E-state index contributed by atoms with van der Waals surface area (Å²) >= 11 is 0. The molecule has 1 aromatic carbocycles. The molecule has 0 aliphatic carbocycles. The van der Waals surface area contributed by atoms with E-state index < -0.39 is 0 Å². The number of methoxy groups -OCH3 is 1. The van der Waals surface area contributed by atoms with Gasteiger partial charge in [-0.25, -0.2) is 0 Å². The van der Waals surface area contributed by atoms with Crippen LogP contribution in [0.15, 0.2) is 18.2 Å². The Morgan fingerprint density at radius 3 is 2.48 bits per heavy atom. The third-order valence-corrected chi connectivity index (χ3v) is 3.72. The fourth-order valence-corrected chi connectivity index (χ4v) is 2.63. The fraction of sp³-hybridized carbons (Fsp3) is 0.647. The normalized spacial score (nSPS) is 12.5. The number of hydrogen-bond donors (Lipinski definition) is 1. The van der Waals surface area contributed by atoms with Gasteiger partial charge in [0.15, 0.2) is 0 Å². The topological polar surface area (TPSA) is 27.7 Å². The average Bonchev–Trinajstić information content (AvgIpc) is 2.46. The van der Waals surface area contributed by atoms with E-state index in [0.717, 1.165) is 31.8 Å². The summed E-state index contributed by atoms with van der Waals surface area (Å²) < 4.78 is 5.57. The first kappa shape index (κ1) is 17.8. The van der Waals surface area contributed by atoms with Gasteiger partial charge in [-0.2, -0.15) is 0 Å². The van der Waals surface area contributed by atoms with Crippen LogP contribution in [0, 0.1) is 0 Å². The highest BCUT2D eigenvalue weighted by atomic mass is 16.5. The van der Waals surface area contributed by atoms with Crippen LogP contribution in [0.5, 0.6) is 5.75 Å². The smallest absolute Gasteiger partial charge is 0.125 e. The zero-order valence-electron chi connectivity index (χ0n) is 14.4. The summed E-state index contributed by atoms with van der Waals surface area (Å²) in [5.41, 5.74) is 2.50. The Labute approximate surface area is 130 Å². The van der Waals surface area contributed by atoms with E-state index in [1.807, 2.05) is 6.07 Å².